The van der Waals surface area contributed by atoms with Gasteiger partial charge in [-0.05, 0) is 44.3 Å². The molecule has 10 heteroatoms. The van der Waals surface area contributed by atoms with Crippen molar-refractivity contribution in [2.75, 3.05) is 44.2 Å². The largest absolute Gasteiger partial charge is 0.488 e. The quantitative estimate of drug-likeness (QED) is 0.497. The highest BCUT2D eigenvalue weighted by Gasteiger charge is 2.30. The molecule has 4 rings (SSSR count). The topological polar surface area (TPSA) is 121 Å². The monoisotopic (exact) mass is 484 g/mol. The van der Waals surface area contributed by atoms with Gasteiger partial charge in [0.15, 0.2) is 11.5 Å². The Morgan fingerprint density at radius 3 is 2.51 bits per heavy atom. The van der Waals surface area contributed by atoms with Crippen molar-refractivity contribution in [3.63, 3.8) is 0 Å². The van der Waals surface area contributed by atoms with Crippen LogP contribution in [-0.2, 0) is 11.2 Å². The molecule has 35 heavy (non-hydrogen) atoms. The van der Waals surface area contributed by atoms with Crippen molar-refractivity contribution in [2.45, 2.75) is 32.4 Å². The maximum atomic E-state index is 13.2. The van der Waals surface area contributed by atoms with E-state index in [-0.39, 0.29) is 43.8 Å². The van der Waals surface area contributed by atoms with E-state index in [4.69, 9.17) is 14.2 Å². The summed E-state index contributed by atoms with van der Waals surface area (Å²) in [6.45, 7) is 4.98. The summed E-state index contributed by atoms with van der Waals surface area (Å²) in [5.74, 6) is 1.74. The van der Waals surface area contributed by atoms with Crippen molar-refractivity contribution < 1.29 is 28.9 Å². The van der Waals surface area contributed by atoms with E-state index in [1.165, 1.54) is 0 Å². The summed E-state index contributed by atoms with van der Waals surface area (Å²) in [5, 5.41) is 18.4. The summed E-state index contributed by atoms with van der Waals surface area (Å²) in [4.78, 5) is 27.5. The smallest absolute Gasteiger partial charge is 0.323 e. The van der Waals surface area contributed by atoms with E-state index in [0.717, 1.165) is 0 Å². The molecule has 188 valence electrons. The number of nitrogens with zero attached hydrogens (tertiary/aromatic N) is 1. The van der Waals surface area contributed by atoms with Crippen molar-refractivity contribution in [1.82, 2.24) is 10.2 Å². The molecule has 2 aromatic carbocycles. The predicted molar refractivity (Wildman–Crippen MR) is 131 cm³/mol. The van der Waals surface area contributed by atoms with Crippen molar-refractivity contribution >= 4 is 23.3 Å². The molecule has 0 radical (unpaired) electrons. The van der Waals surface area contributed by atoms with Gasteiger partial charge in [-0.1, -0.05) is 6.92 Å². The molecule has 0 unspecified atom stereocenters. The standard InChI is InChI=1S/C25H32N4O6/c1-15-12-29(16(2)13-30)24(31)9-17-8-18(4-6-20(17)35-23(15)11-26-3)27-25(32)28-19-5-7-21-22(10-19)34-14-33-21/h4-8,10,15-16,23,26,30H,9,11-14H2,1-3H3,(H2,27,28,32)/t15-,16-,23+/m0/s1. The summed E-state index contributed by atoms with van der Waals surface area (Å²) >= 11 is 0. The third-order valence-electron chi connectivity index (χ3n) is 6.21. The van der Waals surface area contributed by atoms with E-state index >= 15 is 0 Å². The van der Waals surface area contributed by atoms with Gasteiger partial charge in [-0.15, -0.1) is 0 Å². The number of rotatable bonds is 6. The molecule has 2 aliphatic heterocycles. The Balaban J connectivity index is 1.53. The molecule has 2 aromatic rings. The van der Waals surface area contributed by atoms with Crippen LogP contribution in [0.3, 0.4) is 0 Å². The lowest BCUT2D eigenvalue weighted by Gasteiger charge is -2.32. The van der Waals surface area contributed by atoms with Crippen LogP contribution in [0, 0.1) is 5.92 Å². The van der Waals surface area contributed by atoms with Crippen LogP contribution in [0.15, 0.2) is 36.4 Å². The Hall–Kier alpha value is -3.50. The lowest BCUT2D eigenvalue weighted by molar-refractivity contribution is -0.134. The number of hydrogen-bond donors (Lipinski definition) is 4. The lowest BCUT2D eigenvalue weighted by atomic mass is 10.0. The molecule has 4 N–H and O–H groups in total. The number of hydrogen-bond acceptors (Lipinski definition) is 7. The minimum atomic E-state index is -0.434. The molecule has 0 saturated carbocycles. The third-order valence-corrected chi connectivity index (χ3v) is 6.21. The number of carbonyl (C=O) groups is 2. The summed E-state index contributed by atoms with van der Waals surface area (Å²) in [7, 11) is 1.86. The fourth-order valence-corrected chi connectivity index (χ4v) is 4.22. The first kappa shape index (κ1) is 24.6. The van der Waals surface area contributed by atoms with Crippen molar-refractivity contribution in [1.29, 1.82) is 0 Å². The normalized spacial score (nSPS) is 20.1. The molecule has 0 fully saturated rings. The summed E-state index contributed by atoms with van der Waals surface area (Å²) in [6.07, 6.45) is -0.0796. The molecular formula is C25H32N4O6. The highest BCUT2D eigenvalue weighted by Crippen LogP contribution is 2.34. The molecule has 2 aliphatic rings. The van der Waals surface area contributed by atoms with Gasteiger partial charge in [-0.2, -0.15) is 0 Å². The fraction of sp³-hybridized carbons (Fsp3) is 0.440. The van der Waals surface area contributed by atoms with E-state index in [1.807, 2.05) is 20.9 Å². The van der Waals surface area contributed by atoms with Crippen molar-refractivity contribution in [3.05, 3.63) is 42.0 Å². The van der Waals surface area contributed by atoms with Gasteiger partial charge < -0.3 is 40.2 Å². The molecule has 0 aliphatic carbocycles. The summed E-state index contributed by atoms with van der Waals surface area (Å²) in [6, 6.07) is 9.68. The Kier molecular flexibility index (Phi) is 7.62. The number of anilines is 2. The molecule has 2 heterocycles. The van der Waals surface area contributed by atoms with Gasteiger partial charge in [0.25, 0.3) is 0 Å². The van der Waals surface area contributed by atoms with Crippen LogP contribution in [0.5, 0.6) is 17.2 Å². The van der Waals surface area contributed by atoms with Gasteiger partial charge in [-0.3, -0.25) is 4.79 Å². The molecule has 3 atom stereocenters. The molecule has 0 saturated heterocycles. The molecular weight excluding hydrogens is 452 g/mol. The van der Waals surface area contributed by atoms with Crippen LogP contribution >= 0.6 is 0 Å². The number of ether oxygens (including phenoxy) is 3. The van der Waals surface area contributed by atoms with Gasteiger partial charge in [0.2, 0.25) is 12.7 Å². The van der Waals surface area contributed by atoms with Gasteiger partial charge in [0.1, 0.15) is 11.9 Å². The van der Waals surface area contributed by atoms with Crippen LogP contribution in [0.25, 0.3) is 0 Å². The zero-order valence-electron chi connectivity index (χ0n) is 20.2. The van der Waals surface area contributed by atoms with Gasteiger partial charge in [0.05, 0.1) is 19.1 Å². The number of nitrogens with one attached hydrogen (secondary N) is 3. The van der Waals surface area contributed by atoms with Crippen molar-refractivity contribution in [2.24, 2.45) is 5.92 Å². The van der Waals surface area contributed by atoms with E-state index in [1.54, 1.807) is 41.3 Å². The molecule has 0 aromatic heterocycles. The molecule has 10 nitrogen and oxygen atoms in total. The van der Waals surface area contributed by atoms with Gasteiger partial charge in [0, 0.05) is 42.0 Å². The number of fused-ring (bicyclic) bond motifs is 2. The zero-order valence-corrected chi connectivity index (χ0v) is 20.2. The van der Waals surface area contributed by atoms with Gasteiger partial charge in [-0.25, -0.2) is 4.79 Å². The third kappa shape index (κ3) is 5.77. The van der Waals surface area contributed by atoms with Crippen LogP contribution in [0.4, 0.5) is 16.2 Å². The Bertz CT molecular complexity index is 1080. The lowest BCUT2D eigenvalue weighted by Crippen LogP contribution is -2.47. The summed E-state index contributed by atoms with van der Waals surface area (Å²) in [5.41, 5.74) is 1.75. The number of benzene rings is 2. The van der Waals surface area contributed by atoms with Crippen LogP contribution in [0.2, 0.25) is 0 Å². The van der Waals surface area contributed by atoms with Crippen LogP contribution in [-0.4, -0.2) is 67.6 Å². The Morgan fingerprint density at radius 2 is 1.80 bits per heavy atom. The number of amides is 3. The average molecular weight is 485 g/mol. The second-order valence-electron chi connectivity index (χ2n) is 8.92. The second kappa shape index (κ2) is 10.8. The Labute approximate surface area is 204 Å². The first-order valence-corrected chi connectivity index (χ1v) is 11.7. The zero-order chi connectivity index (χ0) is 24.9. The molecule has 3 amide bonds. The number of aliphatic hydroxyl groups excluding tert-OH is 1. The number of likely N-dealkylation sites (N-methyl/N-ethyl adjacent to an activating group) is 1. The van der Waals surface area contributed by atoms with Crippen LogP contribution in [0.1, 0.15) is 19.4 Å². The minimum absolute atomic E-state index is 0.0385. The van der Waals surface area contributed by atoms with E-state index < -0.39 is 6.03 Å². The SMILES string of the molecule is CNC[C@H]1Oc2ccc(NC(=O)Nc3ccc4c(c3)OCO4)cc2CC(=O)N([C@@H](C)CO)C[C@@H]1C. The predicted octanol–water partition coefficient (Wildman–Crippen LogP) is 2.43. The Morgan fingerprint density at radius 1 is 1.11 bits per heavy atom. The summed E-state index contributed by atoms with van der Waals surface area (Å²) < 4.78 is 17.0. The number of urea groups is 1. The first-order chi connectivity index (χ1) is 16.9. The molecule has 0 bridgehead atoms. The van der Waals surface area contributed by atoms with Crippen LogP contribution < -0.4 is 30.2 Å². The van der Waals surface area contributed by atoms with E-state index in [9.17, 15) is 14.7 Å². The van der Waals surface area contributed by atoms with E-state index in [0.29, 0.717) is 47.3 Å². The van der Waals surface area contributed by atoms with Gasteiger partial charge >= 0.3 is 6.03 Å². The fourth-order valence-electron chi connectivity index (χ4n) is 4.22. The number of carbonyl (C=O) groups excluding carboxylic acids is 2. The second-order valence-corrected chi connectivity index (χ2v) is 8.92. The maximum Gasteiger partial charge on any atom is 0.323 e. The average Bonchev–Trinajstić information content (AvgIpc) is 3.31. The molecule has 0 spiro atoms. The highest BCUT2D eigenvalue weighted by molar-refractivity contribution is 6.00. The van der Waals surface area contributed by atoms with Crippen molar-refractivity contribution in [3.8, 4) is 17.2 Å². The van der Waals surface area contributed by atoms with E-state index in [2.05, 4.69) is 16.0 Å². The minimum Gasteiger partial charge on any atom is -0.488 e. The number of aliphatic hydroxyl groups is 1. The first-order valence-electron chi connectivity index (χ1n) is 11.7. The highest BCUT2D eigenvalue weighted by atomic mass is 16.7. The maximum absolute atomic E-state index is 13.2.